The van der Waals surface area contributed by atoms with Crippen molar-refractivity contribution in [3.8, 4) is 11.5 Å². The molecule has 0 spiro atoms. The number of nitrogens with zero attached hydrogens (tertiary/aromatic N) is 2. The van der Waals surface area contributed by atoms with Crippen LogP contribution < -0.4 is 15.1 Å². The molecule has 1 saturated carbocycles. The van der Waals surface area contributed by atoms with Crippen molar-refractivity contribution >= 4 is 85.7 Å². The van der Waals surface area contributed by atoms with Crippen molar-refractivity contribution in [1.82, 2.24) is 5.01 Å². The number of nitrogens with one attached hydrogen (secondary N) is 1. The molecule has 2 heterocycles. The maximum atomic E-state index is 15.4. The highest BCUT2D eigenvalue weighted by atomic mass is 79.9. The summed E-state index contributed by atoms with van der Waals surface area (Å²) in [5, 5.41) is 13.6. The number of rotatable bonds is 6. The maximum Gasteiger partial charge on any atom is 0.260 e. The summed E-state index contributed by atoms with van der Waals surface area (Å²) < 4.78 is 6.09. The SMILES string of the molecule is COc1ccc(C23C(=O)N(Nc4ccc(Cl)cc4Cl)C(=O)C2CC2C(=CCC4C(=O)N(c5ccc(Cl)cc5)C(=O)C42)C3c2cc(Br)ccc2O)cc1. The van der Waals surface area contributed by atoms with Crippen LogP contribution in [0, 0.1) is 23.7 Å². The molecular weight excluding hydrogens is 793 g/mol. The average Bonchev–Trinajstić information content (AvgIpc) is 3.51. The summed E-state index contributed by atoms with van der Waals surface area (Å²) in [5.41, 5.74) is 3.67. The smallest absolute Gasteiger partial charge is 0.260 e. The number of phenols is 1. The van der Waals surface area contributed by atoms with Crippen LogP contribution in [0.4, 0.5) is 11.4 Å². The van der Waals surface area contributed by atoms with Gasteiger partial charge in [0.1, 0.15) is 11.5 Å². The molecule has 6 unspecified atom stereocenters. The number of ether oxygens (including phenoxy) is 1. The number of hydrogen-bond donors (Lipinski definition) is 2. The van der Waals surface area contributed by atoms with E-state index in [0.29, 0.717) is 42.7 Å². The Labute approximate surface area is 322 Å². The molecule has 0 bridgehead atoms. The Morgan fingerprint density at radius 3 is 2.25 bits per heavy atom. The fourth-order valence-corrected chi connectivity index (χ4v) is 9.74. The predicted octanol–water partition coefficient (Wildman–Crippen LogP) is 8.31. The topological polar surface area (TPSA) is 116 Å². The van der Waals surface area contributed by atoms with Gasteiger partial charge in [-0.25, -0.2) is 0 Å². The molecule has 4 aromatic carbocycles. The fourth-order valence-electron chi connectivity index (χ4n) is 8.79. The first-order valence-corrected chi connectivity index (χ1v) is 18.4. The Morgan fingerprint density at radius 1 is 0.846 bits per heavy atom. The van der Waals surface area contributed by atoms with Gasteiger partial charge in [0, 0.05) is 26.0 Å². The number of carbonyl (C=O) groups is 4. The molecule has 3 fully saturated rings. The number of halogens is 4. The van der Waals surface area contributed by atoms with E-state index in [0.717, 1.165) is 5.01 Å². The maximum absolute atomic E-state index is 15.4. The van der Waals surface area contributed by atoms with E-state index in [1.807, 2.05) is 6.08 Å². The van der Waals surface area contributed by atoms with Crippen LogP contribution in [0.2, 0.25) is 15.1 Å². The lowest BCUT2D eigenvalue weighted by molar-refractivity contribution is -0.138. The summed E-state index contributed by atoms with van der Waals surface area (Å²) in [6.07, 6.45) is 2.23. The van der Waals surface area contributed by atoms with Crippen molar-refractivity contribution < 1.29 is 29.0 Å². The van der Waals surface area contributed by atoms with Crippen LogP contribution in [0.15, 0.2) is 101 Å². The van der Waals surface area contributed by atoms with Gasteiger partial charge in [-0.15, -0.1) is 0 Å². The normalized spacial score (nSPS) is 26.6. The molecule has 2 saturated heterocycles. The van der Waals surface area contributed by atoms with Crippen LogP contribution in [-0.4, -0.2) is 40.9 Å². The molecule has 8 rings (SSSR count). The van der Waals surface area contributed by atoms with Gasteiger partial charge in [0.15, 0.2) is 0 Å². The number of aromatic hydroxyl groups is 1. The van der Waals surface area contributed by atoms with Crippen LogP contribution in [0.1, 0.15) is 29.9 Å². The number of methoxy groups -OCH3 is 1. The Balaban J connectivity index is 1.34. The molecule has 0 aromatic heterocycles. The third-order valence-electron chi connectivity index (χ3n) is 11.0. The number of hydrazine groups is 1. The van der Waals surface area contributed by atoms with Crippen molar-refractivity contribution in [2.45, 2.75) is 24.2 Å². The van der Waals surface area contributed by atoms with E-state index < -0.39 is 46.8 Å². The number of carbonyl (C=O) groups excluding carboxylic acids is 4. The predicted molar refractivity (Wildman–Crippen MR) is 200 cm³/mol. The van der Waals surface area contributed by atoms with E-state index in [9.17, 15) is 19.5 Å². The van der Waals surface area contributed by atoms with Crippen molar-refractivity contribution in [2.24, 2.45) is 23.7 Å². The Hall–Kier alpha value is -4.35. The summed E-state index contributed by atoms with van der Waals surface area (Å²) in [6, 6.07) is 23.1. The molecule has 2 aliphatic heterocycles. The van der Waals surface area contributed by atoms with Crippen LogP contribution in [0.5, 0.6) is 11.5 Å². The largest absolute Gasteiger partial charge is 0.508 e. The minimum atomic E-state index is -1.61. The van der Waals surface area contributed by atoms with E-state index in [1.165, 1.54) is 24.1 Å². The van der Waals surface area contributed by atoms with Gasteiger partial charge >= 0.3 is 0 Å². The molecule has 13 heteroatoms. The van der Waals surface area contributed by atoms with Crippen molar-refractivity contribution in [2.75, 3.05) is 17.4 Å². The molecule has 0 radical (unpaired) electrons. The Morgan fingerprint density at radius 2 is 1.56 bits per heavy atom. The van der Waals surface area contributed by atoms with Crippen molar-refractivity contribution in [3.63, 3.8) is 0 Å². The van der Waals surface area contributed by atoms with Gasteiger partial charge in [-0.2, -0.15) is 5.01 Å². The number of phenolic OH excluding ortho intramolecular Hbond substituents is 1. The molecule has 4 aliphatic rings. The van der Waals surface area contributed by atoms with Gasteiger partial charge in [-0.3, -0.25) is 29.5 Å². The first kappa shape index (κ1) is 34.7. The molecule has 2 aliphatic carbocycles. The zero-order valence-corrected chi connectivity index (χ0v) is 31.2. The minimum Gasteiger partial charge on any atom is -0.508 e. The highest BCUT2D eigenvalue weighted by Crippen LogP contribution is 2.65. The number of anilines is 2. The molecule has 4 aromatic rings. The van der Waals surface area contributed by atoms with Gasteiger partial charge in [0.05, 0.1) is 46.7 Å². The lowest BCUT2D eigenvalue weighted by atomic mass is 9.49. The molecule has 9 nitrogen and oxygen atoms in total. The number of allylic oxidation sites excluding steroid dienone is 2. The molecule has 52 heavy (non-hydrogen) atoms. The highest BCUT2D eigenvalue weighted by molar-refractivity contribution is 9.10. The second-order valence-electron chi connectivity index (χ2n) is 13.4. The Bertz CT molecular complexity index is 2210. The van der Waals surface area contributed by atoms with E-state index in [4.69, 9.17) is 39.5 Å². The summed E-state index contributed by atoms with van der Waals surface area (Å²) >= 11 is 22.4. The summed E-state index contributed by atoms with van der Waals surface area (Å²) in [5.74, 6) is -5.47. The standard InChI is InChI=1S/C39H29BrCl3N3O6/c1-52-24-10-2-19(3-11-24)39-29(36(49)46(38(39)51)44-31-14-7-22(42)17-30(31)43)18-27-25(34(39)28-16-20(40)4-15-32(28)47)12-13-26-33(27)37(50)45(35(26)48)23-8-5-21(41)6-9-23/h2-12,14-17,26-27,29,33-34,44,47H,13,18H2,1H3. The van der Waals surface area contributed by atoms with Crippen LogP contribution in [0.3, 0.4) is 0 Å². The van der Waals surface area contributed by atoms with Gasteiger partial charge < -0.3 is 9.84 Å². The van der Waals surface area contributed by atoms with Crippen molar-refractivity contribution in [3.05, 3.63) is 127 Å². The average molecular weight is 822 g/mol. The lowest BCUT2D eigenvalue weighted by Gasteiger charge is -2.50. The van der Waals surface area contributed by atoms with Gasteiger partial charge in [-0.05, 0) is 97.1 Å². The van der Waals surface area contributed by atoms with Gasteiger partial charge in [-0.1, -0.05) is 74.5 Å². The quantitative estimate of drug-likeness (QED) is 0.149. The van der Waals surface area contributed by atoms with E-state index in [1.54, 1.807) is 72.8 Å². The monoisotopic (exact) mass is 819 g/mol. The van der Waals surface area contributed by atoms with Crippen molar-refractivity contribution in [1.29, 1.82) is 0 Å². The summed E-state index contributed by atoms with van der Waals surface area (Å²) in [6.45, 7) is 0. The Kier molecular flexibility index (Phi) is 8.65. The molecular formula is C39H29BrCl3N3O6. The zero-order chi connectivity index (χ0) is 36.6. The van der Waals surface area contributed by atoms with Gasteiger partial charge in [0.2, 0.25) is 11.8 Å². The second kappa shape index (κ2) is 12.9. The molecule has 264 valence electrons. The lowest BCUT2D eigenvalue weighted by Crippen LogP contribution is -2.53. The van der Waals surface area contributed by atoms with Crippen LogP contribution in [0.25, 0.3) is 0 Å². The van der Waals surface area contributed by atoms with Crippen LogP contribution in [-0.2, 0) is 24.6 Å². The number of benzene rings is 4. The fraction of sp³-hybridized carbons (Fsp3) is 0.231. The summed E-state index contributed by atoms with van der Waals surface area (Å²) in [7, 11) is 1.53. The van der Waals surface area contributed by atoms with Crippen LogP contribution >= 0.6 is 50.7 Å². The zero-order valence-electron chi connectivity index (χ0n) is 27.4. The number of hydrogen-bond acceptors (Lipinski definition) is 7. The van der Waals surface area contributed by atoms with Gasteiger partial charge in [0.25, 0.3) is 11.8 Å². The minimum absolute atomic E-state index is 0.0782. The number of imide groups is 2. The first-order valence-electron chi connectivity index (χ1n) is 16.5. The third-order valence-corrected chi connectivity index (χ3v) is 12.3. The third kappa shape index (κ3) is 5.17. The number of amides is 4. The van der Waals surface area contributed by atoms with E-state index in [-0.39, 0.29) is 41.1 Å². The molecule has 6 atom stereocenters. The highest BCUT2D eigenvalue weighted by Gasteiger charge is 2.70. The second-order valence-corrected chi connectivity index (χ2v) is 15.6. The first-order chi connectivity index (χ1) is 24.9. The molecule has 4 amide bonds. The summed E-state index contributed by atoms with van der Waals surface area (Å²) in [4.78, 5) is 59.9. The number of fused-ring (bicyclic) bond motifs is 4. The van der Waals surface area contributed by atoms with E-state index in [2.05, 4.69) is 21.4 Å². The van der Waals surface area contributed by atoms with E-state index >= 15 is 4.79 Å². The molecule has 2 N–H and O–H groups in total.